The van der Waals surface area contributed by atoms with Crippen LogP contribution in [-0.4, -0.2) is 40.5 Å². The van der Waals surface area contributed by atoms with Gasteiger partial charge in [-0.3, -0.25) is 14.6 Å². The summed E-state index contributed by atoms with van der Waals surface area (Å²) in [5.41, 5.74) is 0.0718. The topological polar surface area (TPSA) is 60.9 Å². The molecule has 1 N–H and O–H groups in total. The highest BCUT2D eigenvalue weighted by Crippen LogP contribution is 2.34. The van der Waals surface area contributed by atoms with E-state index in [2.05, 4.69) is 4.90 Å². The average molecular weight is 370 g/mol. The van der Waals surface area contributed by atoms with Gasteiger partial charge in [0.2, 0.25) is 5.91 Å². The van der Waals surface area contributed by atoms with Gasteiger partial charge in [0.05, 0.1) is 0 Å². The standard InChI is InChI=1S/C21H23FN2O3/c1-16(25)24(19-9-5-8-18(22)14-19)21(20(26)27)10-12-23(13-11-21)15-17-6-3-2-4-7-17/h2-9,14H,10-13,15H2,1H3,(H,26,27). The number of hydrogen-bond donors (Lipinski definition) is 1. The van der Waals surface area contributed by atoms with Crippen LogP contribution >= 0.6 is 0 Å². The van der Waals surface area contributed by atoms with E-state index in [-0.39, 0.29) is 18.5 Å². The van der Waals surface area contributed by atoms with Crippen molar-refractivity contribution in [3.8, 4) is 0 Å². The molecular formula is C21H23FN2O3. The fourth-order valence-corrected chi connectivity index (χ4v) is 3.80. The molecule has 0 spiro atoms. The van der Waals surface area contributed by atoms with Crippen LogP contribution in [0, 0.1) is 5.82 Å². The Hall–Kier alpha value is -2.73. The van der Waals surface area contributed by atoms with Gasteiger partial charge in [-0.25, -0.2) is 9.18 Å². The maximum Gasteiger partial charge on any atom is 0.330 e. The van der Waals surface area contributed by atoms with Crippen molar-refractivity contribution in [3.63, 3.8) is 0 Å². The van der Waals surface area contributed by atoms with E-state index < -0.39 is 23.2 Å². The predicted molar refractivity (Wildman–Crippen MR) is 101 cm³/mol. The molecule has 27 heavy (non-hydrogen) atoms. The summed E-state index contributed by atoms with van der Waals surface area (Å²) < 4.78 is 13.7. The van der Waals surface area contributed by atoms with Gasteiger partial charge < -0.3 is 5.11 Å². The van der Waals surface area contributed by atoms with Crippen LogP contribution in [0.5, 0.6) is 0 Å². The maximum atomic E-state index is 13.7. The Balaban J connectivity index is 1.84. The number of carbonyl (C=O) groups is 2. The number of likely N-dealkylation sites (tertiary alicyclic amines) is 1. The van der Waals surface area contributed by atoms with E-state index in [9.17, 15) is 19.1 Å². The minimum atomic E-state index is -1.37. The number of halogens is 1. The molecular weight excluding hydrogens is 347 g/mol. The van der Waals surface area contributed by atoms with Crippen LogP contribution in [0.1, 0.15) is 25.3 Å². The van der Waals surface area contributed by atoms with Crippen LogP contribution in [0.3, 0.4) is 0 Å². The van der Waals surface area contributed by atoms with E-state index in [0.29, 0.717) is 13.1 Å². The normalized spacial score (nSPS) is 16.7. The maximum absolute atomic E-state index is 13.7. The molecule has 142 valence electrons. The number of rotatable bonds is 5. The second-order valence-corrected chi connectivity index (χ2v) is 6.93. The molecule has 1 amide bonds. The van der Waals surface area contributed by atoms with E-state index in [0.717, 1.165) is 12.1 Å². The molecule has 0 bridgehead atoms. The third kappa shape index (κ3) is 4.01. The number of carboxylic acid groups (broad SMARTS) is 1. The Labute approximate surface area is 158 Å². The molecule has 1 heterocycles. The lowest BCUT2D eigenvalue weighted by Crippen LogP contribution is -2.61. The molecule has 3 rings (SSSR count). The van der Waals surface area contributed by atoms with Gasteiger partial charge in [0.1, 0.15) is 11.4 Å². The highest BCUT2D eigenvalue weighted by Gasteiger charge is 2.48. The number of carboxylic acids is 1. The molecule has 5 nitrogen and oxygen atoms in total. The number of benzene rings is 2. The van der Waals surface area contributed by atoms with Crippen molar-refractivity contribution in [2.75, 3.05) is 18.0 Å². The van der Waals surface area contributed by atoms with Crippen molar-refractivity contribution in [3.05, 3.63) is 66.0 Å². The van der Waals surface area contributed by atoms with Gasteiger partial charge >= 0.3 is 5.97 Å². The average Bonchev–Trinajstić information content (AvgIpc) is 2.64. The van der Waals surface area contributed by atoms with Gasteiger partial charge in [-0.15, -0.1) is 0 Å². The van der Waals surface area contributed by atoms with Crippen LogP contribution in [0.25, 0.3) is 0 Å². The SMILES string of the molecule is CC(=O)N(c1cccc(F)c1)C1(C(=O)O)CCN(Cc2ccccc2)CC1. The predicted octanol–water partition coefficient (Wildman–Crippen LogP) is 3.30. The Morgan fingerprint density at radius 2 is 1.78 bits per heavy atom. The first kappa shape index (κ1) is 19.0. The summed E-state index contributed by atoms with van der Waals surface area (Å²) in [6.07, 6.45) is 0.566. The lowest BCUT2D eigenvalue weighted by Gasteiger charge is -2.45. The van der Waals surface area contributed by atoms with E-state index in [4.69, 9.17) is 0 Å². The molecule has 0 aromatic heterocycles. The molecule has 1 saturated heterocycles. The molecule has 0 unspecified atom stereocenters. The molecule has 0 radical (unpaired) electrons. The number of carbonyl (C=O) groups excluding carboxylic acids is 1. The number of nitrogens with zero attached hydrogens (tertiary/aromatic N) is 2. The zero-order valence-electron chi connectivity index (χ0n) is 15.3. The Morgan fingerprint density at radius 1 is 1.11 bits per heavy atom. The van der Waals surface area contributed by atoms with E-state index >= 15 is 0 Å². The van der Waals surface area contributed by atoms with Crippen LogP contribution in [0.15, 0.2) is 54.6 Å². The summed E-state index contributed by atoms with van der Waals surface area (Å²) in [6.45, 7) is 3.14. The van der Waals surface area contributed by atoms with Gasteiger partial charge in [0, 0.05) is 32.2 Å². The second-order valence-electron chi connectivity index (χ2n) is 6.93. The molecule has 2 aromatic carbocycles. The Bertz CT molecular complexity index is 817. The number of amides is 1. The van der Waals surface area contributed by atoms with Gasteiger partial charge in [-0.05, 0) is 36.6 Å². The number of anilines is 1. The summed E-state index contributed by atoms with van der Waals surface area (Å²) >= 11 is 0. The summed E-state index contributed by atoms with van der Waals surface area (Å²) in [5.74, 6) is -1.96. The third-order valence-electron chi connectivity index (χ3n) is 5.14. The third-order valence-corrected chi connectivity index (χ3v) is 5.14. The molecule has 2 aromatic rings. The first-order valence-electron chi connectivity index (χ1n) is 8.98. The van der Waals surface area contributed by atoms with Gasteiger partial charge in [0.15, 0.2) is 0 Å². The molecule has 0 saturated carbocycles. The smallest absolute Gasteiger partial charge is 0.330 e. The zero-order chi connectivity index (χ0) is 19.4. The Kier molecular flexibility index (Phi) is 5.56. The number of hydrogen-bond acceptors (Lipinski definition) is 3. The number of piperidine rings is 1. The quantitative estimate of drug-likeness (QED) is 0.877. The van der Waals surface area contributed by atoms with Crippen LogP contribution in [0.2, 0.25) is 0 Å². The first-order valence-corrected chi connectivity index (χ1v) is 8.98. The van der Waals surface area contributed by atoms with Gasteiger partial charge in [-0.1, -0.05) is 36.4 Å². The van der Waals surface area contributed by atoms with Crippen molar-refractivity contribution in [1.29, 1.82) is 0 Å². The fourth-order valence-electron chi connectivity index (χ4n) is 3.80. The van der Waals surface area contributed by atoms with Crippen LogP contribution in [0.4, 0.5) is 10.1 Å². The second kappa shape index (κ2) is 7.88. The van der Waals surface area contributed by atoms with Crippen molar-refractivity contribution in [2.24, 2.45) is 0 Å². The van der Waals surface area contributed by atoms with Crippen molar-refractivity contribution >= 4 is 17.6 Å². The molecule has 6 heteroatoms. The monoisotopic (exact) mass is 370 g/mol. The largest absolute Gasteiger partial charge is 0.479 e. The van der Waals surface area contributed by atoms with Gasteiger partial charge in [0.25, 0.3) is 0 Å². The van der Waals surface area contributed by atoms with E-state index in [1.165, 1.54) is 30.0 Å². The zero-order valence-corrected chi connectivity index (χ0v) is 15.3. The van der Waals surface area contributed by atoms with Crippen molar-refractivity contribution < 1.29 is 19.1 Å². The van der Waals surface area contributed by atoms with E-state index in [1.807, 2.05) is 30.3 Å². The minimum absolute atomic E-state index is 0.279. The summed E-state index contributed by atoms with van der Waals surface area (Å²) in [6, 6.07) is 15.5. The van der Waals surface area contributed by atoms with E-state index in [1.54, 1.807) is 6.07 Å². The van der Waals surface area contributed by atoms with Crippen molar-refractivity contribution in [1.82, 2.24) is 4.90 Å². The minimum Gasteiger partial charge on any atom is -0.479 e. The molecule has 1 aliphatic rings. The van der Waals surface area contributed by atoms with Crippen molar-refractivity contribution in [2.45, 2.75) is 31.8 Å². The highest BCUT2D eigenvalue weighted by atomic mass is 19.1. The fraction of sp³-hybridized carbons (Fsp3) is 0.333. The number of aliphatic carboxylic acids is 1. The highest BCUT2D eigenvalue weighted by molar-refractivity contribution is 6.00. The van der Waals surface area contributed by atoms with Crippen LogP contribution < -0.4 is 4.90 Å². The lowest BCUT2D eigenvalue weighted by atomic mass is 9.84. The Morgan fingerprint density at radius 3 is 2.33 bits per heavy atom. The lowest BCUT2D eigenvalue weighted by molar-refractivity contribution is -0.147. The molecule has 1 aliphatic heterocycles. The first-order chi connectivity index (χ1) is 12.9. The molecule has 1 fully saturated rings. The summed E-state index contributed by atoms with van der Waals surface area (Å²) in [7, 11) is 0. The molecule has 0 aliphatic carbocycles. The summed E-state index contributed by atoms with van der Waals surface area (Å²) in [4.78, 5) is 28.0. The van der Waals surface area contributed by atoms with Crippen LogP contribution in [-0.2, 0) is 16.1 Å². The molecule has 0 atom stereocenters. The summed E-state index contributed by atoms with van der Waals surface area (Å²) in [5, 5.41) is 10.0. The van der Waals surface area contributed by atoms with Gasteiger partial charge in [-0.2, -0.15) is 0 Å².